The second kappa shape index (κ2) is 5.13. The second-order valence-corrected chi connectivity index (χ2v) is 4.73. The van der Waals surface area contributed by atoms with Crippen LogP contribution in [0, 0.1) is 0 Å². The maximum absolute atomic E-state index is 3.68. The molecule has 13 heavy (non-hydrogen) atoms. The first kappa shape index (κ1) is 13.1. The molecule has 0 aliphatic carbocycles. The zero-order valence-corrected chi connectivity index (χ0v) is 11.3. The summed E-state index contributed by atoms with van der Waals surface area (Å²) >= 11 is 3.68. The van der Waals surface area contributed by atoms with Gasteiger partial charge in [0, 0.05) is 5.56 Å². The van der Waals surface area contributed by atoms with Crippen molar-refractivity contribution in [3.8, 4) is 0 Å². The minimum absolute atomic E-state index is 0. The molecular weight excluding hydrogens is 294 g/mol. The minimum atomic E-state index is 0. The van der Waals surface area contributed by atoms with Gasteiger partial charge in [-0.25, -0.2) is 0 Å². The standard InChI is InChI=1S/C10H15BrN.BrH/c1-12(2,3)10(11)9-7-5-4-6-8-9;/h4-8,10H,1-3H3;1H/q+1;/p-1. The molecule has 74 valence electrons. The van der Waals surface area contributed by atoms with Gasteiger partial charge in [0.2, 0.25) is 0 Å². The number of nitrogens with zero attached hydrogens (tertiary/aromatic N) is 1. The van der Waals surface area contributed by atoms with E-state index in [2.05, 4.69) is 61.3 Å². The maximum atomic E-state index is 3.68. The molecule has 1 rings (SSSR count). The van der Waals surface area contributed by atoms with Crippen LogP contribution < -0.4 is 17.0 Å². The smallest absolute Gasteiger partial charge is 0.169 e. The van der Waals surface area contributed by atoms with Crippen molar-refractivity contribution in [2.45, 2.75) is 4.95 Å². The Balaban J connectivity index is 0.00000144. The van der Waals surface area contributed by atoms with Crippen molar-refractivity contribution in [2.24, 2.45) is 0 Å². The van der Waals surface area contributed by atoms with Gasteiger partial charge in [-0.05, 0) is 15.9 Å². The Morgan fingerprint density at radius 2 is 1.54 bits per heavy atom. The summed E-state index contributed by atoms with van der Waals surface area (Å²) in [5.74, 6) is 0. The lowest BCUT2D eigenvalue weighted by Gasteiger charge is -2.30. The van der Waals surface area contributed by atoms with E-state index in [1.807, 2.05) is 6.07 Å². The van der Waals surface area contributed by atoms with Crippen LogP contribution in [0.25, 0.3) is 0 Å². The number of quaternary nitrogens is 1. The van der Waals surface area contributed by atoms with Crippen LogP contribution in [0.15, 0.2) is 30.3 Å². The molecule has 0 saturated heterocycles. The summed E-state index contributed by atoms with van der Waals surface area (Å²) in [6.07, 6.45) is 0. The largest absolute Gasteiger partial charge is 1.00 e. The molecule has 1 unspecified atom stereocenters. The van der Waals surface area contributed by atoms with E-state index in [-0.39, 0.29) is 17.0 Å². The Bertz CT molecular complexity index is 241. The van der Waals surface area contributed by atoms with Crippen molar-refractivity contribution in [1.82, 2.24) is 0 Å². The Labute approximate surface area is 99.2 Å². The Kier molecular flexibility index (Phi) is 5.18. The zero-order chi connectivity index (χ0) is 9.19. The normalized spacial score (nSPS) is 13.2. The van der Waals surface area contributed by atoms with Crippen molar-refractivity contribution >= 4 is 15.9 Å². The maximum Gasteiger partial charge on any atom is 0.169 e. The SMILES string of the molecule is C[N+](C)(C)C(Br)c1ccccc1.[Br-]. The number of rotatable bonds is 2. The number of hydrogen-bond acceptors (Lipinski definition) is 0. The molecule has 0 aliphatic rings. The van der Waals surface area contributed by atoms with E-state index in [0.29, 0.717) is 4.95 Å². The summed E-state index contributed by atoms with van der Waals surface area (Å²) in [5.41, 5.74) is 1.32. The summed E-state index contributed by atoms with van der Waals surface area (Å²) in [6, 6.07) is 10.5. The van der Waals surface area contributed by atoms with E-state index in [0.717, 1.165) is 4.48 Å². The van der Waals surface area contributed by atoms with Crippen LogP contribution in [0.2, 0.25) is 0 Å². The topological polar surface area (TPSA) is 0 Å². The highest BCUT2D eigenvalue weighted by Crippen LogP contribution is 2.28. The third-order valence-electron chi connectivity index (χ3n) is 1.75. The van der Waals surface area contributed by atoms with Crippen molar-refractivity contribution in [2.75, 3.05) is 21.1 Å². The molecule has 0 aliphatic heterocycles. The highest BCUT2D eigenvalue weighted by atomic mass is 79.9. The fraction of sp³-hybridized carbons (Fsp3) is 0.400. The van der Waals surface area contributed by atoms with Crippen LogP contribution >= 0.6 is 15.9 Å². The third kappa shape index (κ3) is 3.79. The highest BCUT2D eigenvalue weighted by Gasteiger charge is 2.21. The van der Waals surface area contributed by atoms with Gasteiger partial charge < -0.3 is 21.5 Å². The first-order valence-electron chi connectivity index (χ1n) is 4.02. The Morgan fingerprint density at radius 1 is 1.08 bits per heavy atom. The van der Waals surface area contributed by atoms with Gasteiger partial charge in [0.15, 0.2) is 4.95 Å². The predicted octanol–water partition coefficient (Wildman–Crippen LogP) is -0.210. The summed E-state index contributed by atoms with van der Waals surface area (Å²) < 4.78 is 0.893. The highest BCUT2D eigenvalue weighted by molar-refractivity contribution is 9.09. The molecule has 0 heterocycles. The van der Waals surface area contributed by atoms with Crippen LogP contribution in [-0.4, -0.2) is 25.6 Å². The van der Waals surface area contributed by atoms with E-state index >= 15 is 0 Å². The first-order chi connectivity index (χ1) is 5.52. The number of alkyl halides is 1. The van der Waals surface area contributed by atoms with Gasteiger partial charge in [-0.3, -0.25) is 0 Å². The van der Waals surface area contributed by atoms with E-state index in [9.17, 15) is 0 Å². The van der Waals surface area contributed by atoms with E-state index in [1.165, 1.54) is 5.56 Å². The monoisotopic (exact) mass is 307 g/mol. The molecule has 0 fully saturated rings. The third-order valence-corrected chi connectivity index (χ3v) is 3.51. The molecule has 0 saturated carbocycles. The van der Waals surface area contributed by atoms with Gasteiger partial charge in [0.25, 0.3) is 0 Å². The molecule has 0 spiro atoms. The summed E-state index contributed by atoms with van der Waals surface area (Å²) in [7, 11) is 6.52. The van der Waals surface area contributed by atoms with E-state index in [1.54, 1.807) is 0 Å². The van der Waals surface area contributed by atoms with Crippen molar-refractivity contribution in [3.63, 3.8) is 0 Å². The van der Waals surface area contributed by atoms with Crippen LogP contribution in [0.5, 0.6) is 0 Å². The van der Waals surface area contributed by atoms with Gasteiger partial charge in [-0.1, -0.05) is 30.3 Å². The van der Waals surface area contributed by atoms with Gasteiger partial charge >= 0.3 is 0 Å². The summed E-state index contributed by atoms with van der Waals surface area (Å²) in [5, 5.41) is 0. The van der Waals surface area contributed by atoms with Gasteiger partial charge in [-0.15, -0.1) is 0 Å². The molecular formula is C10H15Br2N. The summed E-state index contributed by atoms with van der Waals surface area (Å²) in [6.45, 7) is 0. The quantitative estimate of drug-likeness (QED) is 0.403. The van der Waals surface area contributed by atoms with Crippen molar-refractivity contribution < 1.29 is 21.5 Å². The zero-order valence-electron chi connectivity index (χ0n) is 8.17. The van der Waals surface area contributed by atoms with Crippen molar-refractivity contribution in [1.29, 1.82) is 0 Å². The van der Waals surface area contributed by atoms with Gasteiger partial charge in [0.1, 0.15) is 0 Å². The molecule has 1 aromatic rings. The molecule has 0 bridgehead atoms. The van der Waals surface area contributed by atoms with Crippen LogP contribution in [0.3, 0.4) is 0 Å². The number of hydrogen-bond donors (Lipinski definition) is 0. The lowest BCUT2D eigenvalue weighted by Crippen LogP contribution is -3.00. The van der Waals surface area contributed by atoms with Crippen molar-refractivity contribution in [3.05, 3.63) is 35.9 Å². The fourth-order valence-corrected chi connectivity index (χ4v) is 1.36. The molecule has 1 atom stereocenters. The Hall–Kier alpha value is 0.140. The Morgan fingerprint density at radius 3 is 1.92 bits per heavy atom. The molecule has 0 radical (unpaired) electrons. The second-order valence-electron chi connectivity index (χ2n) is 3.86. The van der Waals surface area contributed by atoms with Gasteiger partial charge in [-0.2, -0.15) is 0 Å². The number of benzene rings is 1. The van der Waals surface area contributed by atoms with E-state index < -0.39 is 0 Å². The molecule has 0 aromatic heterocycles. The molecule has 0 amide bonds. The van der Waals surface area contributed by atoms with Gasteiger partial charge in [0.05, 0.1) is 21.1 Å². The lowest BCUT2D eigenvalue weighted by atomic mass is 10.2. The molecule has 1 aromatic carbocycles. The number of halogens is 2. The average molecular weight is 309 g/mol. The first-order valence-corrected chi connectivity index (χ1v) is 4.93. The van der Waals surface area contributed by atoms with Crippen LogP contribution in [0.4, 0.5) is 0 Å². The summed E-state index contributed by atoms with van der Waals surface area (Å²) in [4.78, 5) is 0.374. The predicted molar refractivity (Wildman–Crippen MR) is 56.1 cm³/mol. The lowest BCUT2D eigenvalue weighted by molar-refractivity contribution is -0.884. The average Bonchev–Trinajstić information content (AvgIpc) is 2.03. The molecule has 1 nitrogen and oxygen atoms in total. The fourth-order valence-electron chi connectivity index (χ4n) is 1.06. The minimum Gasteiger partial charge on any atom is -1.00 e. The van der Waals surface area contributed by atoms with Crippen LogP contribution in [-0.2, 0) is 0 Å². The molecule has 0 N–H and O–H groups in total. The van der Waals surface area contributed by atoms with E-state index in [4.69, 9.17) is 0 Å². The molecule has 3 heteroatoms. The van der Waals surface area contributed by atoms with Crippen LogP contribution in [0.1, 0.15) is 10.5 Å².